The Morgan fingerprint density at radius 2 is 0.803 bits per heavy atom. The number of nitrogens with zero attached hydrogens (tertiary/aromatic N) is 2. The third kappa shape index (κ3) is 23.2. The van der Waals surface area contributed by atoms with Crippen molar-refractivity contribution in [2.45, 2.75) is 119 Å². The molecule has 0 aromatic heterocycles. The van der Waals surface area contributed by atoms with Crippen LogP contribution in [-0.2, 0) is 0 Å². The Balaban J connectivity index is 0.000000427. The second-order valence-corrected chi connectivity index (χ2v) is 21.1. The Kier molecular flexibility index (Phi) is 28.8. The van der Waals surface area contributed by atoms with Crippen LogP contribution in [0.3, 0.4) is 0 Å². The van der Waals surface area contributed by atoms with E-state index >= 15 is 0 Å². The van der Waals surface area contributed by atoms with Crippen LogP contribution in [0.2, 0.25) is 20.1 Å². The highest BCUT2D eigenvalue weighted by molar-refractivity contribution is 14.1. The molecule has 6 rings (SSSR count). The highest BCUT2D eigenvalue weighted by atomic mass is 127. The number of hydrogen-bond donors (Lipinski definition) is 5. The maximum absolute atomic E-state index is 10.6. The van der Waals surface area contributed by atoms with Gasteiger partial charge in [-0.3, -0.25) is 20.2 Å². The van der Waals surface area contributed by atoms with E-state index in [2.05, 4.69) is 82.3 Å². The molecule has 0 heterocycles. The zero-order chi connectivity index (χ0) is 54.4. The Bertz CT molecular complexity index is 2490. The standard InChI is InChI=1S/C9H12BClO2.C9H10ClI.C9H10ClNO2.C9H12ClN.C9H12N2O2.C9H13N/c1-6(2)8-4-3-7(11)5-9(8)10(12)13;1-6(2)8-4-3-7(10)5-9(8)11;1-6(2)8-4-3-7(10)5-9(8)11(12)13;1-6(2)8-4-3-7(10)5-9(8)11;1-6(2)8-4-3-7(10)5-9(8)11(12)13;1-7(2)8-3-5-9(10)6-4-8/h3-6,12-13H,1-2H3;3-6H,1-2H3;3-6H,1-2H3;3-6H,11H2,1-2H3;3-6H,10H2,1-2H3;3-7H,10H2,1-2H3. The lowest BCUT2D eigenvalue weighted by atomic mass is 9.74. The highest BCUT2D eigenvalue weighted by Crippen LogP contribution is 2.30. The van der Waals surface area contributed by atoms with Crippen LogP contribution < -0.4 is 22.7 Å². The maximum Gasteiger partial charge on any atom is 0.488 e. The number of nitrogen functional groups attached to an aromatic ring is 3. The van der Waals surface area contributed by atoms with Crippen molar-refractivity contribution in [1.29, 1.82) is 0 Å². The van der Waals surface area contributed by atoms with Crippen LogP contribution in [0.25, 0.3) is 0 Å². The summed E-state index contributed by atoms with van der Waals surface area (Å²) in [6, 6.07) is 34.4. The summed E-state index contributed by atoms with van der Waals surface area (Å²) in [5.41, 5.74) is 25.7. The number of nitro groups is 2. The molecule has 0 radical (unpaired) electrons. The minimum absolute atomic E-state index is 0.0995. The van der Waals surface area contributed by atoms with Gasteiger partial charge in [-0.2, -0.15) is 0 Å². The summed E-state index contributed by atoms with van der Waals surface area (Å²) >= 11 is 25.3. The zero-order valence-electron chi connectivity index (χ0n) is 42.6. The number of nitrogens with two attached hydrogens (primary N) is 3. The Hall–Kier alpha value is -4.61. The summed E-state index contributed by atoms with van der Waals surface area (Å²) in [5, 5.41) is 41.8. The van der Waals surface area contributed by atoms with Crippen molar-refractivity contribution in [1.82, 2.24) is 0 Å². The van der Waals surface area contributed by atoms with Crippen molar-refractivity contribution in [2.75, 3.05) is 17.2 Å². The van der Waals surface area contributed by atoms with E-state index in [-0.39, 0.29) is 29.1 Å². The monoisotopic (exact) mass is 1160 g/mol. The van der Waals surface area contributed by atoms with Crippen LogP contribution in [0.1, 0.15) is 152 Å². The SMILES string of the molecule is CC(C)c1ccc(Cl)cc1B(O)O.CC(C)c1ccc(Cl)cc1I.CC(C)c1ccc(Cl)cc1N.CC(C)c1ccc(Cl)cc1[N+](=O)[O-].CC(C)c1ccc(N)cc1.CC(C)c1ccc(N)cc1[N+](=O)[O-]. The van der Waals surface area contributed by atoms with Gasteiger partial charge in [0.25, 0.3) is 11.4 Å². The molecule has 6 aromatic carbocycles. The summed E-state index contributed by atoms with van der Waals surface area (Å²) in [6.45, 7) is 24.6. The maximum atomic E-state index is 10.6. The van der Waals surface area contributed by atoms with Crippen molar-refractivity contribution in [2.24, 2.45) is 0 Å². The second-order valence-electron chi connectivity index (χ2n) is 18.2. The van der Waals surface area contributed by atoms with Gasteiger partial charge in [-0.25, -0.2) is 0 Å². The molecule has 0 atom stereocenters. The second kappa shape index (κ2) is 31.8. The fourth-order valence-corrected chi connectivity index (χ4v) is 8.61. The number of hydrogen-bond acceptors (Lipinski definition) is 9. The number of rotatable bonds is 9. The topological polar surface area (TPSA) is 205 Å². The molecule has 71 heavy (non-hydrogen) atoms. The van der Waals surface area contributed by atoms with E-state index in [9.17, 15) is 20.2 Å². The molecule has 17 heteroatoms. The van der Waals surface area contributed by atoms with Crippen molar-refractivity contribution in [3.63, 3.8) is 0 Å². The van der Waals surface area contributed by atoms with Gasteiger partial charge in [0.1, 0.15) is 0 Å². The highest BCUT2D eigenvalue weighted by Gasteiger charge is 2.19. The van der Waals surface area contributed by atoms with E-state index < -0.39 is 17.0 Å². The van der Waals surface area contributed by atoms with Crippen LogP contribution in [0.5, 0.6) is 0 Å². The van der Waals surface area contributed by atoms with Crippen molar-refractivity contribution in [3.05, 3.63) is 193 Å². The molecule has 0 aliphatic heterocycles. The Morgan fingerprint density at radius 3 is 1.20 bits per heavy atom. The van der Waals surface area contributed by atoms with Gasteiger partial charge in [-0.1, -0.05) is 166 Å². The van der Waals surface area contributed by atoms with Crippen LogP contribution in [0.15, 0.2) is 115 Å². The van der Waals surface area contributed by atoms with Gasteiger partial charge in [-0.15, -0.1) is 0 Å². The molecular weight excluding hydrogens is 1090 g/mol. The first-order valence-corrected chi connectivity index (χ1v) is 25.6. The normalized spacial score (nSPS) is 10.5. The third-order valence-electron chi connectivity index (χ3n) is 10.5. The van der Waals surface area contributed by atoms with Gasteiger partial charge < -0.3 is 27.2 Å². The molecule has 0 amide bonds. The summed E-state index contributed by atoms with van der Waals surface area (Å²) in [4.78, 5) is 20.5. The summed E-state index contributed by atoms with van der Waals surface area (Å²) in [6.07, 6.45) is 0. The fourth-order valence-electron chi connectivity index (χ4n) is 6.59. The average molecular weight is 1160 g/mol. The van der Waals surface area contributed by atoms with E-state index in [1.54, 1.807) is 42.5 Å². The molecule has 0 saturated carbocycles. The largest absolute Gasteiger partial charge is 0.488 e. The van der Waals surface area contributed by atoms with Gasteiger partial charge in [0.15, 0.2) is 0 Å². The van der Waals surface area contributed by atoms with Crippen molar-refractivity contribution >= 4 is 110 Å². The van der Waals surface area contributed by atoms with Gasteiger partial charge in [0, 0.05) is 64.0 Å². The number of anilines is 3. The van der Waals surface area contributed by atoms with Crippen LogP contribution in [0, 0.1) is 23.8 Å². The summed E-state index contributed by atoms with van der Waals surface area (Å²) in [7, 11) is -1.45. The molecule has 0 saturated heterocycles. The van der Waals surface area contributed by atoms with Gasteiger partial charge in [0.05, 0.1) is 9.85 Å². The molecule has 6 aromatic rings. The van der Waals surface area contributed by atoms with E-state index in [1.807, 2.05) is 84.0 Å². The molecule has 0 unspecified atom stereocenters. The number of nitro benzene ring substituents is 2. The molecule has 0 bridgehead atoms. The van der Waals surface area contributed by atoms with Gasteiger partial charge in [0.2, 0.25) is 0 Å². The van der Waals surface area contributed by atoms with Crippen molar-refractivity contribution in [3.8, 4) is 0 Å². The average Bonchev–Trinajstić information content (AvgIpc) is 3.27. The van der Waals surface area contributed by atoms with Gasteiger partial charge in [-0.05, 0) is 153 Å². The Morgan fingerprint density at radius 1 is 0.451 bits per heavy atom. The lowest BCUT2D eigenvalue weighted by Gasteiger charge is -2.12. The zero-order valence-corrected chi connectivity index (χ0v) is 47.7. The minimum Gasteiger partial charge on any atom is -0.423 e. The fraction of sp³-hybridized carbons (Fsp3) is 0.333. The van der Waals surface area contributed by atoms with E-state index in [1.165, 1.54) is 26.8 Å². The molecular formula is C54H69BCl4IN5O6. The summed E-state index contributed by atoms with van der Waals surface area (Å²) in [5.74, 6) is 2.18. The number of benzene rings is 6. The van der Waals surface area contributed by atoms with Crippen LogP contribution >= 0.6 is 69.0 Å². The van der Waals surface area contributed by atoms with Gasteiger partial charge >= 0.3 is 7.12 Å². The molecule has 0 aliphatic carbocycles. The predicted octanol–water partition coefficient (Wildman–Crippen LogP) is 16.3. The van der Waals surface area contributed by atoms with E-state index in [0.717, 1.165) is 38.7 Å². The minimum atomic E-state index is -1.45. The van der Waals surface area contributed by atoms with E-state index in [4.69, 9.17) is 73.7 Å². The Labute approximate surface area is 455 Å². The number of halogens is 5. The van der Waals surface area contributed by atoms with Crippen LogP contribution in [0.4, 0.5) is 28.4 Å². The lowest BCUT2D eigenvalue weighted by Crippen LogP contribution is -2.33. The van der Waals surface area contributed by atoms with Crippen molar-refractivity contribution < 1.29 is 19.9 Å². The molecule has 384 valence electrons. The predicted molar refractivity (Wildman–Crippen MR) is 312 cm³/mol. The first-order chi connectivity index (χ1) is 33.0. The molecule has 11 nitrogen and oxygen atoms in total. The molecule has 0 fully saturated rings. The molecule has 8 N–H and O–H groups in total. The summed E-state index contributed by atoms with van der Waals surface area (Å²) < 4.78 is 1.25. The van der Waals surface area contributed by atoms with Crippen LogP contribution in [-0.4, -0.2) is 27.0 Å². The van der Waals surface area contributed by atoms with E-state index in [0.29, 0.717) is 44.0 Å². The lowest BCUT2D eigenvalue weighted by molar-refractivity contribution is -0.385. The first-order valence-electron chi connectivity index (χ1n) is 23.0. The molecule has 0 spiro atoms. The molecule has 0 aliphatic rings. The smallest absolute Gasteiger partial charge is 0.423 e. The quantitative estimate of drug-likeness (QED) is 0.0307. The third-order valence-corrected chi connectivity index (χ3v) is 12.4. The first kappa shape index (κ1) is 64.4.